The number of nitrogens with one attached hydrogen (secondary N) is 2. The number of halogens is 1. The van der Waals surface area contributed by atoms with Gasteiger partial charge in [-0.1, -0.05) is 34.1 Å². The van der Waals surface area contributed by atoms with Crippen molar-refractivity contribution < 1.29 is 19.1 Å². The van der Waals surface area contributed by atoms with Gasteiger partial charge in [0.2, 0.25) is 5.91 Å². The van der Waals surface area contributed by atoms with Gasteiger partial charge in [-0.2, -0.15) is 0 Å². The Kier molecular flexibility index (Phi) is 8.39. The molecule has 2 rings (SSSR count). The summed E-state index contributed by atoms with van der Waals surface area (Å²) >= 11 is 3.44. The van der Waals surface area contributed by atoms with Gasteiger partial charge in [0, 0.05) is 28.7 Å². The normalized spacial score (nSPS) is 10.3. The summed E-state index contributed by atoms with van der Waals surface area (Å²) in [6, 6.07) is 11.1. The maximum absolute atomic E-state index is 12.0. The summed E-state index contributed by atoms with van der Waals surface area (Å²) in [4.78, 5) is 35.8. The van der Waals surface area contributed by atoms with Crippen LogP contribution in [0.1, 0.15) is 36.0 Å². The summed E-state index contributed by atoms with van der Waals surface area (Å²) in [6.45, 7) is 5.41. The molecule has 0 aromatic heterocycles. The van der Waals surface area contributed by atoms with Crippen LogP contribution in [0.25, 0.3) is 0 Å². The molecule has 2 N–H and O–H groups in total. The lowest BCUT2D eigenvalue weighted by Crippen LogP contribution is -2.21. The van der Waals surface area contributed by atoms with Crippen LogP contribution in [0.15, 0.2) is 40.9 Å². The molecule has 6 nitrogen and oxygen atoms in total. The second-order valence-corrected chi connectivity index (χ2v) is 7.62. The van der Waals surface area contributed by atoms with Crippen molar-refractivity contribution in [2.24, 2.45) is 0 Å². The maximum Gasteiger partial charge on any atom is 0.306 e. The Bertz CT molecular complexity index is 912. The van der Waals surface area contributed by atoms with Gasteiger partial charge in [-0.25, -0.2) is 0 Å². The lowest BCUT2D eigenvalue weighted by Gasteiger charge is -2.12. The standard InChI is InChI=1S/C22H25BrN2O4/c1-14-7-4-5-8-18(14)24-20(26)9-6-10-22(28)29-13-21(27)25-19-12-11-17(23)15(2)16(19)3/h4-5,7-8,11-12H,6,9-10,13H2,1-3H3,(H,24,26)(H,25,27). The number of carbonyl (C=O) groups is 3. The Balaban J connectivity index is 1.69. The summed E-state index contributed by atoms with van der Waals surface area (Å²) < 4.78 is 5.96. The number of carbonyl (C=O) groups excluding carboxylic acids is 3. The summed E-state index contributed by atoms with van der Waals surface area (Å²) in [5.74, 6) is -1.07. The van der Waals surface area contributed by atoms with Gasteiger partial charge in [-0.15, -0.1) is 0 Å². The van der Waals surface area contributed by atoms with Crippen molar-refractivity contribution >= 4 is 45.1 Å². The molecule has 0 aliphatic rings. The summed E-state index contributed by atoms with van der Waals surface area (Å²) in [5, 5.41) is 5.56. The highest BCUT2D eigenvalue weighted by atomic mass is 79.9. The van der Waals surface area contributed by atoms with E-state index < -0.39 is 11.9 Å². The molecule has 0 heterocycles. The molecule has 0 saturated heterocycles. The molecule has 0 radical (unpaired) electrons. The number of para-hydroxylation sites is 1. The van der Waals surface area contributed by atoms with Crippen molar-refractivity contribution in [3.63, 3.8) is 0 Å². The number of amides is 2. The Labute approximate surface area is 179 Å². The van der Waals surface area contributed by atoms with E-state index >= 15 is 0 Å². The summed E-state index contributed by atoms with van der Waals surface area (Å²) in [7, 11) is 0. The molecule has 0 atom stereocenters. The minimum Gasteiger partial charge on any atom is -0.456 e. The zero-order valence-electron chi connectivity index (χ0n) is 16.8. The van der Waals surface area contributed by atoms with E-state index in [-0.39, 0.29) is 25.4 Å². The molecular weight excluding hydrogens is 436 g/mol. The fourth-order valence-electron chi connectivity index (χ4n) is 2.65. The molecule has 7 heteroatoms. The second kappa shape index (κ2) is 10.8. The molecule has 0 aliphatic carbocycles. The van der Waals surface area contributed by atoms with Gasteiger partial charge in [0.25, 0.3) is 5.91 Å². The van der Waals surface area contributed by atoms with Crippen LogP contribution in [0.5, 0.6) is 0 Å². The van der Waals surface area contributed by atoms with Crippen LogP contribution in [0.4, 0.5) is 11.4 Å². The van der Waals surface area contributed by atoms with E-state index in [1.807, 2.05) is 51.1 Å². The lowest BCUT2D eigenvalue weighted by molar-refractivity contribution is -0.147. The van der Waals surface area contributed by atoms with E-state index in [1.165, 1.54) is 0 Å². The predicted octanol–water partition coefficient (Wildman–Crippen LogP) is 4.67. The van der Waals surface area contributed by atoms with Crippen LogP contribution in [-0.2, 0) is 19.1 Å². The highest BCUT2D eigenvalue weighted by Gasteiger charge is 2.12. The van der Waals surface area contributed by atoms with Crippen LogP contribution < -0.4 is 10.6 Å². The number of aryl methyl sites for hydroxylation is 1. The lowest BCUT2D eigenvalue weighted by atomic mass is 10.1. The molecule has 0 fully saturated rings. The van der Waals surface area contributed by atoms with E-state index in [1.54, 1.807) is 6.07 Å². The zero-order chi connectivity index (χ0) is 21.4. The number of hydrogen-bond acceptors (Lipinski definition) is 4. The fourth-order valence-corrected chi connectivity index (χ4v) is 3.08. The highest BCUT2D eigenvalue weighted by Crippen LogP contribution is 2.25. The second-order valence-electron chi connectivity index (χ2n) is 6.77. The number of anilines is 2. The molecule has 0 aliphatic heterocycles. The monoisotopic (exact) mass is 460 g/mol. The SMILES string of the molecule is Cc1ccccc1NC(=O)CCCC(=O)OCC(=O)Nc1ccc(Br)c(C)c1C. The van der Waals surface area contributed by atoms with Gasteiger partial charge in [0.05, 0.1) is 0 Å². The first kappa shape index (κ1) is 22.6. The molecule has 0 bridgehead atoms. The van der Waals surface area contributed by atoms with Gasteiger partial charge < -0.3 is 15.4 Å². The van der Waals surface area contributed by atoms with Gasteiger partial charge in [-0.3, -0.25) is 14.4 Å². The topological polar surface area (TPSA) is 84.5 Å². The molecule has 0 saturated carbocycles. The van der Waals surface area contributed by atoms with E-state index in [0.717, 1.165) is 26.9 Å². The smallest absolute Gasteiger partial charge is 0.306 e. The Morgan fingerprint density at radius 1 is 0.862 bits per heavy atom. The van der Waals surface area contributed by atoms with Crippen LogP contribution in [0, 0.1) is 20.8 Å². The molecule has 0 unspecified atom stereocenters. The summed E-state index contributed by atoms with van der Waals surface area (Å²) in [6.07, 6.45) is 0.626. The van der Waals surface area contributed by atoms with E-state index in [0.29, 0.717) is 12.1 Å². The summed E-state index contributed by atoms with van der Waals surface area (Å²) in [5.41, 5.74) is 4.39. The first-order valence-corrected chi connectivity index (χ1v) is 10.1. The number of ether oxygens (including phenoxy) is 1. The largest absolute Gasteiger partial charge is 0.456 e. The Morgan fingerprint density at radius 3 is 2.28 bits per heavy atom. The number of hydrogen-bond donors (Lipinski definition) is 2. The minimum atomic E-state index is -0.507. The molecule has 2 aromatic rings. The van der Waals surface area contributed by atoms with Crippen molar-refractivity contribution in [3.05, 3.63) is 57.6 Å². The van der Waals surface area contributed by atoms with Crippen LogP contribution in [0.3, 0.4) is 0 Å². The van der Waals surface area contributed by atoms with E-state index in [9.17, 15) is 14.4 Å². The highest BCUT2D eigenvalue weighted by molar-refractivity contribution is 9.10. The third kappa shape index (κ3) is 7.02. The number of benzene rings is 2. The first-order chi connectivity index (χ1) is 13.8. The maximum atomic E-state index is 12.0. The first-order valence-electron chi connectivity index (χ1n) is 9.34. The van der Waals surface area contributed by atoms with Crippen molar-refractivity contribution in [1.29, 1.82) is 0 Å². The Hall–Kier alpha value is -2.67. The average Bonchev–Trinajstić information content (AvgIpc) is 2.68. The van der Waals surface area contributed by atoms with Crippen LogP contribution >= 0.6 is 15.9 Å². The minimum absolute atomic E-state index is 0.0743. The molecule has 2 amide bonds. The molecule has 2 aromatic carbocycles. The van der Waals surface area contributed by atoms with Gasteiger partial charge >= 0.3 is 5.97 Å². The quantitative estimate of drug-likeness (QED) is 0.560. The van der Waals surface area contributed by atoms with Crippen molar-refractivity contribution in [3.8, 4) is 0 Å². The van der Waals surface area contributed by atoms with E-state index in [4.69, 9.17) is 4.74 Å². The fraction of sp³-hybridized carbons (Fsp3) is 0.318. The Morgan fingerprint density at radius 2 is 1.55 bits per heavy atom. The molecular formula is C22H25BrN2O4. The van der Waals surface area contributed by atoms with Gasteiger partial charge in [0.1, 0.15) is 0 Å². The van der Waals surface area contributed by atoms with Crippen LogP contribution in [-0.4, -0.2) is 24.4 Å². The third-order valence-corrected chi connectivity index (χ3v) is 5.42. The third-order valence-electron chi connectivity index (χ3n) is 4.56. The zero-order valence-corrected chi connectivity index (χ0v) is 18.4. The number of esters is 1. The van der Waals surface area contributed by atoms with E-state index in [2.05, 4.69) is 26.6 Å². The van der Waals surface area contributed by atoms with Crippen molar-refractivity contribution in [2.75, 3.05) is 17.2 Å². The predicted molar refractivity (Wildman–Crippen MR) is 117 cm³/mol. The molecule has 154 valence electrons. The van der Waals surface area contributed by atoms with Gasteiger partial charge in [0.15, 0.2) is 6.61 Å². The average molecular weight is 461 g/mol. The van der Waals surface area contributed by atoms with Crippen molar-refractivity contribution in [2.45, 2.75) is 40.0 Å². The van der Waals surface area contributed by atoms with Gasteiger partial charge in [-0.05, 0) is 62.1 Å². The van der Waals surface area contributed by atoms with Crippen LogP contribution in [0.2, 0.25) is 0 Å². The molecule has 29 heavy (non-hydrogen) atoms. The molecule has 0 spiro atoms. The van der Waals surface area contributed by atoms with Crippen molar-refractivity contribution in [1.82, 2.24) is 0 Å². The number of rotatable bonds is 8.